The predicted molar refractivity (Wildman–Crippen MR) is 68.3 cm³/mol. The fraction of sp³-hybridized carbons (Fsp3) is 0.667. The lowest BCUT2D eigenvalue weighted by atomic mass is 9.98. The van der Waals surface area contributed by atoms with E-state index in [-0.39, 0.29) is 5.54 Å². The first-order valence-corrected chi connectivity index (χ1v) is 6.29. The highest BCUT2D eigenvalue weighted by atomic mass is 32.1. The molecule has 15 heavy (non-hydrogen) atoms. The summed E-state index contributed by atoms with van der Waals surface area (Å²) in [6.07, 6.45) is 1.04. The molecule has 0 unspecified atom stereocenters. The van der Waals surface area contributed by atoms with Gasteiger partial charge in [-0.2, -0.15) is 0 Å². The second-order valence-corrected chi connectivity index (χ2v) is 5.73. The molecule has 0 aliphatic carbocycles. The Balaban J connectivity index is 2.63. The standard InChI is InChI=1S/C12H22N2S/c1-10-5-8-15-11(10)9-14(4)12(2,3)6-7-13/h5,8H,6-7,9,13H2,1-4H3. The average molecular weight is 226 g/mol. The van der Waals surface area contributed by atoms with Crippen LogP contribution in [0.1, 0.15) is 30.7 Å². The van der Waals surface area contributed by atoms with Crippen LogP contribution >= 0.6 is 11.3 Å². The molecule has 2 nitrogen and oxygen atoms in total. The van der Waals surface area contributed by atoms with E-state index in [1.165, 1.54) is 10.4 Å². The molecule has 0 atom stereocenters. The van der Waals surface area contributed by atoms with Gasteiger partial charge in [0.15, 0.2) is 0 Å². The highest BCUT2D eigenvalue weighted by molar-refractivity contribution is 7.10. The van der Waals surface area contributed by atoms with Crippen LogP contribution in [0.2, 0.25) is 0 Å². The monoisotopic (exact) mass is 226 g/mol. The van der Waals surface area contributed by atoms with E-state index in [2.05, 4.69) is 44.2 Å². The van der Waals surface area contributed by atoms with E-state index in [4.69, 9.17) is 5.73 Å². The first-order valence-electron chi connectivity index (χ1n) is 5.41. The first-order chi connectivity index (χ1) is 6.97. The molecule has 0 amide bonds. The van der Waals surface area contributed by atoms with Gasteiger partial charge in [-0.3, -0.25) is 4.90 Å². The fourth-order valence-corrected chi connectivity index (χ4v) is 2.50. The van der Waals surface area contributed by atoms with E-state index in [0.29, 0.717) is 0 Å². The average Bonchev–Trinajstić information content (AvgIpc) is 2.52. The number of nitrogens with two attached hydrogens (primary N) is 1. The Hall–Kier alpha value is -0.380. The minimum absolute atomic E-state index is 0.186. The Morgan fingerprint density at radius 3 is 2.60 bits per heavy atom. The van der Waals surface area contributed by atoms with Crippen molar-refractivity contribution in [1.29, 1.82) is 0 Å². The van der Waals surface area contributed by atoms with E-state index in [0.717, 1.165) is 19.5 Å². The smallest absolute Gasteiger partial charge is 0.0332 e. The van der Waals surface area contributed by atoms with Crippen LogP contribution in [0, 0.1) is 6.92 Å². The lowest BCUT2D eigenvalue weighted by Crippen LogP contribution is -2.42. The summed E-state index contributed by atoms with van der Waals surface area (Å²) >= 11 is 1.84. The molecule has 0 fully saturated rings. The number of thiophene rings is 1. The third-order valence-electron chi connectivity index (χ3n) is 3.14. The minimum Gasteiger partial charge on any atom is -0.330 e. The molecule has 1 heterocycles. The fourth-order valence-electron chi connectivity index (χ4n) is 1.54. The number of hydrogen-bond acceptors (Lipinski definition) is 3. The molecule has 3 heteroatoms. The normalized spacial score (nSPS) is 12.4. The van der Waals surface area contributed by atoms with E-state index >= 15 is 0 Å². The quantitative estimate of drug-likeness (QED) is 0.836. The van der Waals surface area contributed by atoms with E-state index in [1.807, 2.05) is 11.3 Å². The van der Waals surface area contributed by atoms with Gasteiger partial charge in [-0.1, -0.05) is 0 Å². The molecular formula is C12H22N2S. The van der Waals surface area contributed by atoms with Crippen LogP contribution in [-0.4, -0.2) is 24.0 Å². The van der Waals surface area contributed by atoms with Crippen LogP contribution in [-0.2, 0) is 6.54 Å². The molecule has 1 aromatic rings. The third-order valence-corrected chi connectivity index (χ3v) is 4.15. The van der Waals surface area contributed by atoms with Crippen LogP contribution in [0.3, 0.4) is 0 Å². The van der Waals surface area contributed by atoms with Crippen molar-refractivity contribution in [3.8, 4) is 0 Å². The van der Waals surface area contributed by atoms with Gasteiger partial charge in [-0.25, -0.2) is 0 Å². The van der Waals surface area contributed by atoms with Crippen molar-refractivity contribution in [2.75, 3.05) is 13.6 Å². The summed E-state index contributed by atoms with van der Waals surface area (Å²) in [5, 5.41) is 2.16. The van der Waals surface area contributed by atoms with E-state index < -0.39 is 0 Å². The summed E-state index contributed by atoms with van der Waals surface area (Å²) in [6, 6.07) is 2.18. The van der Waals surface area contributed by atoms with Crippen LogP contribution in [0.15, 0.2) is 11.4 Å². The molecule has 0 saturated carbocycles. The molecule has 0 radical (unpaired) electrons. The summed E-state index contributed by atoms with van der Waals surface area (Å²) in [5.74, 6) is 0. The highest BCUT2D eigenvalue weighted by Crippen LogP contribution is 2.23. The van der Waals surface area contributed by atoms with E-state index in [1.54, 1.807) is 0 Å². The second-order valence-electron chi connectivity index (χ2n) is 4.73. The molecule has 0 bridgehead atoms. The summed E-state index contributed by atoms with van der Waals surface area (Å²) in [7, 11) is 2.18. The maximum atomic E-state index is 5.63. The zero-order chi connectivity index (χ0) is 11.5. The molecule has 2 N–H and O–H groups in total. The molecule has 1 aromatic heterocycles. The Morgan fingerprint density at radius 1 is 1.47 bits per heavy atom. The van der Waals surface area contributed by atoms with Gasteiger partial charge in [0, 0.05) is 17.0 Å². The zero-order valence-corrected chi connectivity index (χ0v) is 11.0. The SMILES string of the molecule is Cc1ccsc1CN(C)C(C)(C)CCN. The maximum Gasteiger partial charge on any atom is 0.0332 e. The van der Waals surface area contributed by atoms with E-state index in [9.17, 15) is 0 Å². The van der Waals surface area contributed by atoms with Gasteiger partial charge in [0.25, 0.3) is 0 Å². The summed E-state index contributed by atoms with van der Waals surface area (Å²) in [5.41, 5.74) is 7.22. The van der Waals surface area contributed by atoms with Crippen molar-refractivity contribution in [3.05, 3.63) is 21.9 Å². The highest BCUT2D eigenvalue weighted by Gasteiger charge is 2.22. The van der Waals surface area contributed by atoms with Crippen molar-refractivity contribution in [2.24, 2.45) is 5.73 Å². The Labute approximate surface area is 97.1 Å². The third kappa shape index (κ3) is 3.30. The molecule has 0 spiro atoms. The van der Waals surface area contributed by atoms with Crippen molar-refractivity contribution >= 4 is 11.3 Å². The minimum atomic E-state index is 0.186. The Morgan fingerprint density at radius 2 is 2.13 bits per heavy atom. The molecule has 0 aliphatic rings. The van der Waals surface area contributed by atoms with Gasteiger partial charge in [0.05, 0.1) is 0 Å². The van der Waals surface area contributed by atoms with Crippen LogP contribution in [0.25, 0.3) is 0 Å². The van der Waals surface area contributed by atoms with Crippen molar-refractivity contribution in [1.82, 2.24) is 4.90 Å². The summed E-state index contributed by atoms with van der Waals surface area (Å²) < 4.78 is 0. The number of nitrogens with zero attached hydrogens (tertiary/aromatic N) is 1. The van der Waals surface area contributed by atoms with Crippen molar-refractivity contribution in [3.63, 3.8) is 0 Å². The van der Waals surface area contributed by atoms with Gasteiger partial charge in [-0.15, -0.1) is 11.3 Å². The maximum absolute atomic E-state index is 5.63. The van der Waals surface area contributed by atoms with Crippen molar-refractivity contribution < 1.29 is 0 Å². The summed E-state index contributed by atoms with van der Waals surface area (Å²) in [4.78, 5) is 3.85. The van der Waals surface area contributed by atoms with Crippen LogP contribution in [0.4, 0.5) is 0 Å². The first kappa shape index (κ1) is 12.7. The summed E-state index contributed by atoms with van der Waals surface area (Å²) in [6.45, 7) is 8.46. The Kier molecular flexibility index (Phi) is 4.32. The van der Waals surface area contributed by atoms with Gasteiger partial charge in [-0.05, 0) is 57.8 Å². The van der Waals surface area contributed by atoms with Crippen LogP contribution in [0.5, 0.6) is 0 Å². The van der Waals surface area contributed by atoms with Crippen LogP contribution < -0.4 is 5.73 Å². The van der Waals surface area contributed by atoms with Gasteiger partial charge in [0.1, 0.15) is 0 Å². The lowest BCUT2D eigenvalue weighted by molar-refractivity contribution is 0.141. The molecular weight excluding hydrogens is 204 g/mol. The number of rotatable bonds is 5. The van der Waals surface area contributed by atoms with Crippen molar-refractivity contribution in [2.45, 2.75) is 39.3 Å². The molecule has 0 saturated heterocycles. The number of aryl methyl sites for hydroxylation is 1. The largest absolute Gasteiger partial charge is 0.330 e. The van der Waals surface area contributed by atoms with Gasteiger partial charge >= 0.3 is 0 Å². The zero-order valence-electron chi connectivity index (χ0n) is 10.2. The second kappa shape index (κ2) is 5.10. The molecule has 0 aliphatic heterocycles. The Bertz CT molecular complexity index is 304. The number of hydrogen-bond donors (Lipinski definition) is 1. The molecule has 0 aromatic carbocycles. The van der Waals surface area contributed by atoms with Gasteiger partial charge < -0.3 is 5.73 Å². The van der Waals surface area contributed by atoms with Gasteiger partial charge in [0.2, 0.25) is 0 Å². The predicted octanol–water partition coefficient (Wildman–Crippen LogP) is 2.62. The topological polar surface area (TPSA) is 29.3 Å². The molecule has 1 rings (SSSR count). The lowest BCUT2D eigenvalue weighted by Gasteiger charge is -2.35. The molecule has 86 valence electrons.